The average Bonchev–Trinajstić information content (AvgIpc) is 3.05. The standard InChI is InChI=1S/C16H24N2OS/c1-3-12-11-7-10-20-13(11)6-9-18(12)15(19)16(2)8-4-5-14(16)17/h7,10,12,14H,3-6,8-9,17H2,1-2H3. The van der Waals surface area contributed by atoms with Crippen molar-refractivity contribution in [3.63, 3.8) is 0 Å². The smallest absolute Gasteiger partial charge is 0.230 e. The van der Waals surface area contributed by atoms with Crippen LogP contribution < -0.4 is 5.73 Å². The minimum atomic E-state index is -0.346. The first-order valence-electron chi connectivity index (χ1n) is 7.71. The van der Waals surface area contributed by atoms with Crippen LogP contribution in [0.15, 0.2) is 11.4 Å². The van der Waals surface area contributed by atoms with Gasteiger partial charge in [-0.15, -0.1) is 11.3 Å². The van der Waals surface area contributed by atoms with Crippen LogP contribution in [-0.2, 0) is 11.2 Å². The predicted octanol–water partition coefficient (Wildman–Crippen LogP) is 3.10. The lowest BCUT2D eigenvalue weighted by Crippen LogP contribution is -2.51. The molecule has 1 saturated carbocycles. The molecule has 3 rings (SSSR count). The van der Waals surface area contributed by atoms with Gasteiger partial charge in [0.1, 0.15) is 0 Å². The van der Waals surface area contributed by atoms with Crippen LogP contribution in [0.1, 0.15) is 56.0 Å². The lowest BCUT2D eigenvalue weighted by molar-refractivity contribution is -0.144. The number of fused-ring (bicyclic) bond motifs is 1. The molecule has 2 aliphatic rings. The molecule has 1 amide bonds. The molecule has 3 unspecified atom stereocenters. The molecule has 3 nitrogen and oxygen atoms in total. The van der Waals surface area contributed by atoms with Crippen molar-refractivity contribution in [2.45, 2.75) is 58.0 Å². The molecule has 1 aliphatic heterocycles. The van der Waals surface area contributed by atoms with Gasteiger partial charge in [0.15, 0.2) is 0 Å². The van der Waals surface area contributed by atoms with Gasteiger partial charge in [-0.2, -0.15) is 0 Å². The number of nitrogens with two attached hydrogens (primary N) is 1. The molecule has 3 atom stereocenters. The summed E-state index contributed by atoms with van der Waals surface area (Å²) in [6, 6.07) is 2.48. The third-order valence-corrected chi connectivity index (χ3v) is 6.26. The number of carbonyl (C=O) groups excluding carboxylic acids is 1. The molecule has 1 aliphatic carbocycles. The van der Waals surface area contributed by atoms with E-state index < -0.39 is 0 Å². The van der Waals surface area contributed by atoms with Crippen molar-refractivity contribution < 1.29 is 4.79 Å². The van der Waals surface area contributed by atoms with Crippen molar-refractivity contribution >= 4 is 17.2 Å². The molecule has 0 aromatic carbocycles. The number of hydrogen-bond acceptors (Lipinski definition) is 3. The summed E-state index contributed by atoms with van der Waals surface area (Å²) in [5.74, 6) is 0.284. The van der Waals surface area contributed by atoms with Crippen molar-refractivity contribution in [3.05, 3.63) is 21.9 Å². The second-order valence-electron chi connectivity index (χ2n) is 6.39. The van der Waals surface area contributed by atoms with Crippen LogP contribution in [0.25, 0.3) is 0 Å². The van der Waals surface area contributed by atoms with Gasteiger partial charge in [0.05, 0.1) is 11.5 Å². The predicted molar refractivity (Wildman–Crippen MR) is 82.7 cm³/mol. The highest BCUT2D eigenvalue weighted by Gasteiger charge is 2.47. The van der Waals surface area contributed by atoms with Crippen molar-refractivity contribution in [2.24, 2.45) is 11.1 Å². The molecule has 0 radical (unpaired) electrons. The van der Waals surface area contributed by atoms with E-state index in [1.54, 1.807) is 0 Å². The fraction of sp³-hybridized carbons (Fsp3) is 0.688. The van der Waals surface area contributed by atoms with E-state index >= 15 is 0 Å². The Balaban J connectivity index is 1.89. The second-order valence-corrected chi connectivity index (χ2v) is 7.39. The monoisotopic (exact) mass is 292 g/mol. The summed E-state index contributed by atoms with van der Waals surface area (Å²) in [6.07, 6.45) is 4.99. The highest BCUT2D eigenvalue weighted by molar-refractivity contribution is 7.10. The van der Waals surface area contributed by atoms with Crippen LogP contribution in [0, 0.1) is 5.41 Å². The number of thiophene rings is 1. The fourth-order valence-corrected chi connectivity index (χ4v) is 4.79. The van der Waals surface area contributed by atoms with Gasteiger partial charge in [0, 0.05) is 17.5 Å². The number of amides is 1. The van der Waals surface area contributed by atoms with Crippen molar-refractivity contribution in [2.75, 3.05) is 6.54 Å². The first-order chi connectivity index (χ1) is 9.58. The molecule has 2 heterocycles. The van der Waals surface area contributed by atoms with Crippen LogP contribution in [0.2, 0.25) is 0 Å². The van der Waals surface area contributed by atoms with Crippen LogP contribution in [0.3, 0.4) is 0 Å². The minimum absolute atomic E-state index is 0.0244. The third-order valence-electron chi connectivity index (χ3n) is 5.26. The Kier molecular flexibility index (Phi) is 3.63. The minimum Gasteiger partial charge on any atom is -0.335 e. The maximum Gasteiger partial charge on any atom is 0.230 e. The summed E-state index contributed by atoms with van der Waals surface area (Å²) in [5, 5.41) is 2.16. The van der Waals surface area contributed by atoms with Gasteiger partial charge in [0.2, 0.25) is 5.91 Å². The Hall–Kier alpha value is -0.870. The quantitative estimate of drug-likeness (QED) is 0.910. The SMILES string of the molecule is CCC1c2ccsc2CCN1C(=O)C1(C)CCCC1N. The van der Waals surface area contributed by atoms with Gasteiger partial charge in [-0.05, 0) is 49.6 Å². The van der Waals surface area contributed by atoms with Crippen LogP contribution in [-0.4, -0.2) is 23.4 Å². The number of hydrogen-bond donors (Lipinski definition) is 1. The highest BCUT2D eigenvalue weighted by Crippen LogP contribution is 2.43. The average molecular weight is 292 g/mol. The Bertz CT molecular complexity index is 512. The molecule has 1 fully saturated rings. The normalized spacial score (nSPS) is 33.2. The summed E-state index contributed by atoms with van der Waals surface area (Å²) in [7, 11) is 0. The van der Waals surface area contributed by atoms with Crippen molar-refractivity contribution in [1.82, 2.24) is 4.90 Å². The molecular formula is C16H24N2OS. The van der Waals surface area contributed by atoms with Crippen molar-refractivity contribution in [3.8, 4) is 0 Å². The Morgan fingerprint density at radius 2 is 2.40 bits per heavy atom. The lowest BCUT2D eigenvalue weighted by atomic mass is 9.82. The number of rotatable bonds is 2. The van der Waals surface area contributed by atoms with Crippen LogP contribution in [0.5, 0.6) is 0 Å². The van der Waals surface area contributed by atoms with Gasteiger partial charge in [-0.25, -0.2) is 0 Å². The zero-order valence-electron chi connectivity index (χ0n) is 12.4. The Morgan fingerprint density at radius 1 is 1.60 bits per heavy atom. The zero-order valence-corrected chi connectivity index (χ0v) is 13.2. The molecule has 0 saturated heterocycles. The van der Waals surface area contributed by atoms with Gasteiger partial charge < -0.3 is 10.6 Å². The molecule has 2 N–H and O–H groups in total. The lowest BCUT2D eigenvalue weighted by Gasteiger charge is -2.41. The molecule has 20 heavy (non-hydrogen) atoms. The highest BCUT2D eigenvalue weighted by atomic mass is 32.1. The van der Waals surface area contributed by atoms with Gasteiger partial charge in [0.25, 0.3) is 0 Å². The Labute approximate surface area is 125 Å². The van der Waals surface area contributed by atoms with E-state index in [1.165, 1.54) is 10.4 Å². The first kappa shape index (κ1) is 14.1. The van der Waals surface area contributed by atoms with Gasteiger partial charge in [-0.3, -0.25) is 4.79 Å². The zero-order chi connectivity index (χ0) is 14.3. The van der Waals surface area contributed by atoms with Crippen LogP contribution in [0.4, 0.5) is 0 Å². The molecular weight excluding hydrogens is 268 g/mol. The molecule has 4 heteroatoms. The van der Waals surface area contributed by atoms with Crippen LogP contribution >= 0.6 is 11.3 Å². The summed E-state index contributed by atoms with van der Waals surface area (Å²) in [5.41, 5.74) is 7.26. The fourth-order valence-electron chi connectivity index (χ4n) is 3.87. The molecule has 1 aromatic rings. The van der Waals surface area contributed by atoms with Crippen molar-refractivity contribution in [1.29, 1.82) is 0 Å². The number of carbonyl (C=O) groups is 1. The maximum absolute atomic E-state index is 13.1. The summed E-state index contributed by atoms with van der Waals surface area (Å²) < 4.78 is 0. The molecule has 0 bridgehead atoms. The van der Waals surface area contributed by atoms with E-state index in [4.69, 9.17) is 5.73 Å². The van der Waals surface area contributed by atoms with E-state index in [0.717, 1.165) is 38.6 Å². The van der Waals surface area contributed by atoms with E-state index in [0.29, 0.717) is 0 Å². The number of nitrogens with zero attached hydrogens (tertiary/aromatic N) is 1. The van der Waals surface area contributed by atoms with E-state index in [9.17, 15) is 4.79 Å². The summed E-state index contributed by atoms with van der Waals surface area (Å²) in [6.45, 7) is 5.10. The van der Waals surface area contributed by atoms with E-state index in [-0.39, 0.29) is 23.4 Å². The molecule has 110 valence electrons. The molecule has 0 spiro atoms. The Morgan fingerprint density at radius 3 is 3.05 bits per heavy atom. The largest absolute Gasteiger partial charge is 0.335 e. The third kappa shape index (κ3) is 2.01. The van der Waals surface area contributed by atoms with E-state index in [1.807, 2.05) is 11.3 Å². The van der Waals surface area contributed by atoms with E-state index in [2.05, 4.69) is 30.2 Å². The summed E-state index contributed by atoms with van der Waals surface area (Å²) >= 11 is 1.83. The van der Waals surface area contributed by atoms with Gasteiger partial charge >= 0.3 is 0 Å². The first-order valence-corrected chi connectivity index (χ1v) is 8.59. The summed E-state index contributed by atoms with van der Waals surface area (Å²) in [4.78, 5) is 16.7. The molecule has 1 aromatic heterocycles. The second kappa shape index (κ2) is 5.15. The topological polar surface area (TPSA) is 46.3 Å². The maximum atomic E-state index is 13.1. The van der Waals surface area contributed by atoms with Gasteiger partial charge in [-0.1, -0.05) is 13.3 Å².